The topological polar surface area (TPSA) is 87.3 Å². The van der Waals surface area contributed by atoms with Crippen LogP contribution in [-0.4, -0.2) is 60.6 Å². The normalized spacial score (nSPS) is 28.5. The second kappa shape index (κ2) is 13.6. The summed E-state index contributed by atoms with van der Waals surface area (Å²) in [5.41, 5.74) is 2.17. The molecule has 7 nitrogen and oxygen atoms in total. The first kappa shape index (κ1) is 25.6. The fourth-order valence-electron chi connectivity index (χ4n) is 5.47. The molecule has 1 aromatic heterocycles. The number of nitrogens with zero attached hydrogens (tertiary/aromatic N) is 1. The third kappa shape index (κ3) is 7.78. The van der Waals surface area contributed by atoms with Gasteiger partial charge in [0.15, 0.2) is 0 Å². The molecule has 1 aliphatic heterocycles. The van der Waals surface area contributed by atoms with Gasteiger partial charge >= 0.3 is 5.97 Å². The molecular formula is C26H41N5O2S. The quantitative estimate of drug-likeness (QED) is 0.218. The minimum atomic E-state index is -0.367. The molecule has 4 N–H and O–H groups in total. The molecule has 0 saturated heterocycles. The highest BCUT2D eigenvalue weighted by molar-refractivity contribution is 7.99. The van der Waals surface area contributed by atoms with Gasteiger partial charge in [0.2, 0.25) is 0 Å². The van der Waals surface area contributed by atoms with Crippen molar-refractivity contribution in [1.82, 2.24) is 26.3 Å². The van der Waals surface area contributed by atoms with Crippen LogP contribution in [0.2, 0.25) is 0 Å². The lowest BCUT2D eigenvalue weighted by molar-refractivity contribution is -0.137. The predicted octanol–water partition coefficient (Wildman–Crippen LogP) is 2.90. The smallest absolute Gasteiger partial charge is 0.330 e. The SMILES string of the molecule is C=CC(=O)OCCSc1cc2nc(c1)CN[C@@H]1CCCC[C@H]1NCCNC1CCCC[C@H]1NC2. The molecule has 34 heavy (non-hydrogen) atoms. The molecule has 0 aromatic carbocycles. The second-order valence-corrected chi connectivity index (χ2v) is 10.8. The van der Waals surface area contributed by atoms with Crippen LogP contribution < -0.4 is 21.3 Å². The summed E-state index contributed by atoms with van der Waals surface area (Å²) in [6.45, 7) is 7.43. The highest BCUT2D eigenvalue weighted by Crippen LogP contribution is 2.23. The lowest BCUT2D eigenvalue weighted by Crippen LogP contribution is -2.53. The molecular weight excluding hydrogens is 446 g/mol. The van der Waals surface area contributed by atoms with Crippen LogP contribution in [0.25, 0.3) is 0 Å². The van der Waals surface area contributed by atoms with Crippen LogP contribution in [0.3, 0.4) is 0 Å². The first-order valence-electron chi connectivity index (χ1n) is 13.1. The number of aromatic nitrogens is 1. The summed E-state index contributed by atoms with van der Waals surface area (Å²) >= 11 is 1.71. The molecule has 0 spiro atoms. The largest absolute Gasteiger partial charge is 0.462 e. The Morgan fingerprint density at radius 3 is 1.91 bits per heavy atom. The molecule has 2 fully saturated rings. The zero-order chi connectivity index (χ0) is 23.6. The van der Waals surface area contributed by atoms with Crippen molar-refractivity contribution in [3.63, 3.8) is 0 Å². The van der Waals surface area contributed by atoms with Gasteiger partial charge in [0.1, 0.15) is 6.61 Å². The lowest BCUT2D eigenvalue weighted by atomic mass is 9.89. The van der Waals surface area contributed by atoms with E-state index in [9.17, 15) is 4.79 Å². The van der Waals surface area contributed by atoms with Crippen LogP contribution in [0.1, 0.15) is 62.8 Å². The van der Waals surface area contributed by atoms with E-state index in [0.29, 0.717) is 36.5 Å². The van der Waals surface area contributed by atoms with Crippen molar-refractivity contribution in [3.05, 3.63) is 36.2 Å². The molecule has 0 radical (unpaired) electrons. The van der Waals surface area contributed by atoms with Crippen LogP contribution >= 0.6 is 11.8 Å². The maximum absolute atomic E-state index is 11.3. The Bertz CT molecular complexity index is 759. The van der Waals surface area contributed by atoms with Crippen molar-refractivity contribution in [2.75, 3.05) is 25.4 Å². The fourth-order valence-corrected chi connectivity index (χ4v) is 6.31. The molecule has 4 atom stereocenters. The lowest BCUT2D eigenvalue weighted by Gasteiger charge is -2.34. The van der Waals surface area contributed by atoms with Gasteiger partial charge in [-0.3, -0.25) is 4.98 Å². The van der Waals surface area contributed by atoms with E-state index in [0.717, 1.165) is 37.6 Å². The predicted molar refractivity (Wildman–Crippen MR) is 138 cm³/mol. The van der Waals surface area contributed by atoms with E-state index < -0.39 is 0 Å². The van der Waals surface area contributed by atoms with Crippen molar-refractivity contribution < 1.29 is 9.53 Å². The minimum absolute atomic E-state index is 0.367. The molecule has 2 aliphatic carbocycles. The minimum Gasteiger partial charge on any atom is -0.462 e. The van der Waals surface area contributed by atoms with E-state index in [4.69, 9.17) is 9.72 Å². The number of pyridine rings is 1. The summed E-state index contributed by atoms with van der Waals surface area (Å²) in [4.78, 5) is 17.5. The summed E-state index contributed by atoms with van der Waals surface area (Å²) in [7, 11) is 0. The van der Waals surface area contributed by atoms with Crippen molar-refractivity contribution in [1.29, 1.82) is 0 Å². The summed E-state index contributed by atoms with van der Waals surface area (Å²) in [5.74, 6) is 0.348. The van der Waals surface area contributed by atoms with Crippen LogP contribution in [0.15, 0.2) is 29.7 Å². The average molecular weight is 488 g/mol. The van der Waals surface area contributed by atoms with Crippen molar-refractivity contribution in [2.45, 2.75) is 93.5 Å². The molecule has 0 amide bonds. The monoisotopic (exact) mass is 487 g/mol. The van der Waals surface area contributed by atoms with Crippen molar-refractivity contribution in [3.8, 4) is 0 Å². The van der Waals surface area contributed by atoms with E-state index in [1.165, 1.54) is 62.3 Å². The first-order chi connectivity index (χ1) is 16.7. The summed E-state index contributed by atoms with van der Waals surface area (Å²) in [6, 6.07) is 6.39. The standard InChI is InChI=1S/C26H41N5O2S/c1-2-26(32)33-13-14-34-21-15-19-17-29-24-9-5-3-7-22(24)27-11-12-28-23-8-4-6-10-25(23)30-18-20(16-21)31-19/h2,15-16,22-25,27-30H,1,3-14,17-18H2/t22-,23?,24-,25-/m1/s1. The molecule has 8 heteroatoms. The van der Waals surface area contributed by atoms with Gasteiger partial charge in [-0.25, -0.2) is 4.79 Å². The first-order valence-corrected chi connectivity index (χ1v) is 14.0. The Labute approximate surface area is 208 Å². The van der Waals surface area contributed by atoms with Crippen molar-refractivity contribution in [2.24, 2.45) is 0 Å². The number of fused-ring (bicyclic) bond motifs is 4. The molecule has 2 bridgehead atoms. The van der Waals surface area contributed by atoms with Gasteiger partial charge < -0.3 is 26.0 Å². The van der Waals surface area contributed by atoms with Gasteiger partial charge in [0, 0.05) is 67.1 Å². The van der Waals surface area contributed by atoms with E-state index in [2.05, 4.69) is 40.0 Å². The number of thioether (sulfide) groups is 1. The third-order valence-corrected chi connectivity index (χ3v) is 8.17. The van der Waals surface area contributed by atoms with E-state index in [-0.39, 0.29) is 5.97 Å². The van der Waals surface area contributed by atoms with Crippen molar-refractivity contribution >= 4 is 17.7 Å². The Kier molecular flexibility index (Phi) is 10.2. The van der Waals surface area contributed by atoms with E-state index in [1.807, 2.05) is 0 Å². The maximum Gasteiger partial charge on any atom is 0.330 e. The Hall–Kier alpha value is -1.45. The average Bonchev–Trinajstić information content (AvgIpc) is 2.87. The van der Waals surface area contributed by atoms with Gasteiger partial charge in [-0.05, 0) is 37.8 Å². The zero-order valence-electron chi connectivity index (χ0n) is 20.3. The number of esters is 1. The Morgan fingerprint density at radius 1 is 0.912 bits per heavy atom. The van der Waals surface area contributed by atoms with Crippen LogP contribution in [0, 0.1) is 0 Å². The number of hydrogen-bond donors (Lipinski definition) is 4. The van der Waals surface area contributed by atoms with E-state index in [1.54, 1.807) is 11.8 Å². The number of carbonyl (C=O) groups excluding carboxylic acids is 1. The summed E-state index contributed by atoms with van der Waals surface area (Å²) < 4.78 is 5.15. The highest BCUT2D eigenvalue weighted by Gasteiger charge is 2.26. The Morgan fingerprint density at radius 2 is 1.41 bits per heavy atom. The van der Waals surface area contributed by atoms with Gasteiger partial charge in [-0.1, -0.05) is 32.3 Å². The number of hydrogen-bond acceptors (Lipinski definition) is 8. The summed E-state index contributed by atoms with van der Waals surface area (Å²) in [6.07, 6.45) is 11.3. The molecule has 1 unspecified atom stereocenters. The molecule has 188 valence electrons. The fraction of sp³-hybridized carbons (Fsp3) is 0.692. The van der Waals surface area contributed by atoms with Gasteiger partial charge in [0.25, 0.3) is 0 Å². The molecule has 3 aliphatic rings. The molecule has 4 rings (SSSR count). The molecule has 2 heterocycles. The van der Waals surface area contributed by atoms with E-state index >= 15 is 0 Å². The number of rotatable bonds is 5. The third-order valence-electron chi connectivity index (χ3n) is 7.23. The second-order valence-electron chi connectivity index (χ2n) is 9.67. The van der Waals surface area contributed by atoms with Gasteiger partial charge in [-0.2, -0.15) is 0 Å². The highest BCUT2D eigenvalue weighted by atomic mass is 32.2. The van der Waals surface area contributed by atoms with Crippen LogP contribution in [0.5, 0.6) is 0 Å². The number of nitrogens with one attached hydrogen (secondary N) is 4. The zero-order valence-corrected chi connectivity index (χ0v) is 21.1. The van der Waals surface area contributed by atoms with Crippen LogP contribution in [-0.2, 0) is 22.6 Å². The van der Waals surface area contributed by atoms with Gasteiger partial charge in [-0.15, -0.1) is 11.8 Å². The molecule has 2 saturated carbocycles. The summed E-state index contributed by atoms with van der Waals surface area (Å²) in [5, 5.41) is 15.3. The molecule has 1 aromatic rings. The number of carbonyl (C=O) groups is 1. The Balaban J connectivity index is 1.47. The van der Waals surface area contributed by atoms with Gasteiger partial charge in [0.05, 0.1) is 11.4 Å². The van der Waals surface area contributed by atoms with Crippen LogP contribution in [0.4, 0.5) is 0 Å². The maximum atomic E-state index is 11.3. The number of ether oxygens (including phenoxy) is 1.